The van der Waals surface area contributed by atoms with Crippen LogP contribution in [-0.2, 0) is 6.42 Å². The van der Waals surface area contributed by atoms with Gasteiger partial charge in [0.1, 0.15) is 12.2 Å². The van der Waals surface area contributed by atoms with E-state index < -0.39 is 0 Å². The van der Waals surface area contributed by atoms with Gasteiger partial charge in [0, 0.05) is 12.5 Å². The monoisotopic (exact) mass is 250 g/mol. The summed E-state index contributed by atoms with van der Waals surface area (Å²) >= 11 is 0. The first kappa shape index (κ1) is 13.5. The molecule has 0 bridgehead atoms. The quantitative estimate of drug-likeness (QED) is 0.790. The van der Waals surface area contributed by atoms with Gasteiger partial charge >= 0.3 is 0 Å². The highest BCUT2D eigenvalue weighted by atomic mass is 15.2. The fraction of sp³-hybridized carbons (Fsp3) is 0.857. The van der Waals surface area contributed by atoms with E-state index in [1.165, 1.54) is 19.3 Å². The van der Waals surface area contributed by atoms with Crippen LogP contribution in [0.2, 0.25) is 0 Å². The SMILES string of the molecule is CC1CC(NCCCc2ncn[nH]2)CC(C)(C)C1. The van der Waals surface area contributed by atoms with Crippen molar-refractivity contribution in [1.82, 2.24) is 20.5 Å². The summed E-state index contributed by atoms with van der Waals surface area (Å²) in [7, 11) is 0. The summed E-state index contributed by atoms with van der Waals surface area (Å²) in [6, 6.07) is 0.693. The van der Waals surface area contributed by atoms with E-state index in [1.54, 1.807) is 6.33 Å². The van der Waals surface area contributed by atoms with Crippen LogP contribution in [0.1, 0.15) is 52.3 Å². The standard InChI is InChI=1S/C14H26N4/c1-11-7-12(9-14(2,3)8-11)15-6-4-5-13-16-10-17-18-13/h10-12,15H,4-9H2,1-3H3,(H,16,17,18). The maximum Gasteiger partial charge on any atom is 0.137 e. The number of rotatable bonds is 5. The van der Waals surface area contributed by atoms with E-state index in [4.69, 9.17) is 0 Å². The smallest absolute Gasteiger partial charge is 0.137 e. The van der Waals surface area contributed by atoms with E-state index in [1.807, 2.05) is 0 Å². The number of H-pyrrole nitrogens is 1. The predicted octanol–water partition coefficient (Wildman–Crippen LogP) is 2.54. The Kier molecular flexibility index (Phi) is 4.38. The zero-order valence-electron chi connectivity index (χ0n) is 11.9. The van der Waals surface area contributed by atoms with Crippen molar-refractivity contribution in [1.29, 1.82) is 0 Å². The minimum Gasteiger partial charge on any atom is -0.314 e. The van der Waals surface area contributed by atoms with E-state index >= 15 is 0 Å². The Bertz CT molecular complexity index is 345. The second-order valence-corrected chi connectivity index (χ2v) is 6.60. The van der Waals surface area contributed by atoms with Gasteiger partial charge in [0.25, 0.3) is 0 Å². The molecule has 4 nitrogen and oxygen atoms in total. The summed E-state index contributed by atoms with van der Waals surface area (Å²) in [6.07, 6.45) is 7.68. The molecule has 0 amide bonds. The topological polar surface area (TPSA) is 53.6 Å². The summed E-state index contributed by atoms with van der Waals surface area (Å²) in [5.74, 6) is 1.84. The van der Waals surface area contributed by atoms with Crippen molar-refractivity contribution in [3.05, 3.63) is 12.2 Å². The Hall–Kier alpha value is -0.900. The fourth-order valence-corrected chi connectivity index (χ4v) is 3.41. The van der Waals surface area contributed by atoms with Crippen molar-refractivity contribution >= 4 is 0 Å². The van der Waals surface area contributed by atoms with Gasteiger partial charge in [-0.3, -0.25) is 5.10 Å². The lowest BCUT2D eigenvalue weighted by Crippen LogP contribution is -2.40. The zero-order valence-corrected chi connectivity index (χ0v) is 11.9. The lowest BCUT2D eigenvalue weighted by molar-refractivity contribution is 0.151. The van der Waals surface area contributed by atoms with Crippen LogP contribution in [0.15, 0.2) is 6.33 Å². The van der Waals surface area contributed by atoms with Gasteiger partial charge in [0.2, 0.25) is 0 Å². The Morgan fingerprint density at radius 2 is 2.28 bits per heavy atom. The van der Waals surface area contributed by atoms with Crippen molar-refractivity contribution in [2.75, 3.05) is 6.54 Å². The molecule has 0 aliphatic heterocycles. The van der Waals surface area contributed by atoms with E-state index in [0.717, 1.165) is 31.1 Å². The van der Waals surface area contributed by atoms with Crippen LogP contribution >= 0.6 is 0 Å². The molecule has 1 aromatic heterocycles. The molecule has 1 saturated carbocycles. The molecular formula is C14H26N4. The zero-order chi connectivity index (χ0) is 13.0. The second kappa shape index (κ2) is 5.83. The number of aryl methyl sites for hydroxylation is 1. The molecule has 0 radical (unpaired) electrons. The molecule has 1 aliphatic carbocycles. The summed E-state index contributed by atoms with van der Waals surface area (Å²) in [6.45, 7) is 8.25. The molecular weight excluding hydrogens is 224 g/mol. The van der Waals surface area contributed by atoms with Gasteiger partial charge in [0.05, 0.1) is 0 Å². The molecule has 1 aliphatic rings. The Morgan fingerprint density at radius 1 is 1.44 bits per heavy atom. The van der Waals surface area contributed by atoms with Gasteiger partial charge < -0.3 is 5.32 Å². The molecule has 18 heavy (non-hydrogen) atoms. The van der Waals surface area contributed by atoms with Crippen molar-refractivity contribution in [3.63, 3.8) is 0 Å². The van der Waals surface area contributed by atoms with Crippen LogP contribution < -0.4 is 5.32 Å². The van der Waals surface area contributed by atoms with Crippen LogP contribution in [0.3, 0.4) is 0 Å². The maximum absolute atomic E-state index is 4.14. The summed E-state index contributed by atoms with van der Waals surface area (Å²) in [5, 5.41) is 10.5. The van der Waals surface area contributed by atoms with Crippen LogP contribution in [-0.4, -0.2) is 27.8 Å². The van der Waals surface area contributed by atoms with Gasteiger partial charge in [-0.15, -0.1) is 0 Å². The third-order valence-electron chi connectivity index (χ3n) is 3.88. The summed E-state index contributed by atoms with van der Waals surface area (Å²) in [4.78, 5) is 4.14. The minimum absolute atomic E-state index is 0.500. The molecule has 2 atom stereocenters. The fourth-order valence-electron chi connectivity index (χ4n) is 3.41. The molecule has 0 saturated heterocycles. The van der Waals surface area contributed by atoms with Gasteiger partial charge in [-0.2, -0.15) is 5.10 Å². The van der Waals surface area contributed by atoms with Gasteiger partial charge in [0.15, 0.2) is 0 Å². The highest BCUT2D eigenvalue weighted by molar-refractivity contribution is 4.87. The summed E-state index contributed by atoms with van der Waals surface area (Å²) < 4.78 is 0. The molecule has 1 aromatic rings. The van der Waals surface area contributed by atoms with Gasteiger partial charge in [-0.05, 0) is 43.6 Å². The van der Waals surface area contributed by atoms with E-state index in [9.17, 15) is 0 Å². The first-order valence-electron chi connectivity index (χ1n) is 7.13. The summed E-state index contributed by atoms with van der Waals surface area (Å²) in [5.41, 5.74) is 0.500. The van der Waals surface area contributed by atoms with Crippen LogP contribution in [0, 0.1) is 11.3 Å². The third-order valence-corrected chi connectivity index (χ3v) is 3.88. The number of hydrogen-bond donors (Lipinski definition) is 2. The van der Waals surface area contributed by atoms with Crippen LogP contribution in [0.25, 0.3) is 0 Å². The molecule has 2 rings (SSSR count). The van der Waals surface area contributed by atoms with Crippen molar-refractivity contribution in [2.45, 2.75) is 58.9 Å². The average molecular weight is 250 g/mol. The van der Waals surface area contributed by atoms with E-state index in [-0.39, 0.29) is 0 Å². The normalized spacial score (nSPS) is 27.3. The Balaban J connectivity index is 1.67. The largest absolute Gasteiger partial charge is 0.314 e. The maximum atomic E-state index is 4.14. The Labute approximate surface area is 110 Å². The average Bonchev–Trinajstić information content (AvgIpc) is 2.74. The highest BCUT2D eigenvalue weighted by Crippen LogP contribution is 2.38. The predicted molar refractivity (Wildman–Crippen MR) is 73.3 cm³/mol. The number of aromatic amines is 1. The van der Waals surface area contributed by atoms with Crippen molar-refractivity contribution in [3.8, 4) is 0 Å². The van der Waals surface area contributed by atoms with Gasteiger partial charge in [-0.1, -0.05) is 20.8 Å². The first-order valence-corrected chi connectivity index (χ1v) is 7.13. The molecule has 2 N–H and O–H groups in total. The molecule has 1 fully saturated rings. The molecule has 1 heterocycles. The van der Waals surface area contributed by atoms with Crippen molar-refractivity contribution < 1.29 is 0 Å². The van der Waals surface area contributed by atoms with E-state index in [2.05, 4.69) is 41.3 Å². The van der Waals surface area contributed by atoms with Crippen LogP contribution in [0.5, 0.6) is 0 Å². The lowest BCUT2D eigenvalue weighted by atomic mass is 9.70. The van der Waals surface area contributed by atoms with Crippen LogP contribution in [0.4, 0.5) is 0 Å². The number of nitrogens with zero attached hydrogens (tertiary/aromatic N) is 2. The number of hydrogen-bond acceptors (Lipinski definition) is 3. The molecule has 0 aromatic carbocycles. The van der Waals surface area contributed by atoms with E-state index in [0.29, 0.717) is 11.5 Å². The number of nitrogens with one attached hydrogen (secondary N) is 2. The third kappa shape index (κ3) is 4.09. The molecule has 0 spiro atoms. The molecule has 102 valence electrons. The molecule has 4 heteroatoms. The first-order chi connectivity index (χ1) is 8.55. The van der Waals surface area contributed by atoms with Crippen molar-refractivity contribution in [2.24, 2.45) is 11.3 Å². The highest BCUT2D eigenvalue weighted by Gasteiger charge is 2.31. The number of aromatic nitrogens is 3. The minimum atomic E-state index is 0.500. The molecule has 2 unspecified atom stereocenters. The Morgan fingerprint density at radius 3 is 2.94 bits per heavy atom. The second-order valence-electron chi connectivity index (χ2n) is 6.60. The van der Waals surface area contributed by atoms with Gasteiger partial charge in [-0.25, -0.2) is 4.98 Å². The lowest BCUT2D eigenvalue weighted by Gasteiger charge is -2.39.